The number of carbonyl (C=O) groups excluding carboxylic acids is 3. The van der Waals surface area contributed by atoms with Gasteiger partial charge in [-0.1, -0.05) is 55.5 Å². The fourth-order valence-electron chi connectivity index (χ4n) is 3.55. The van der Waals surface area contributed by atoms with Crippen LogP contribution in [0.2, 0.25) is 0 Å². The van der Waals surface area contributed by atoms with Crippen LogP contribution in [0, 0.1) is 0 Å². The third-order valence-electron chi connectivity index (χ3n) is 5.45. The van der Waals surface area contributed by atoms with Crippen LogP contribution in [0.25, 0.3) is 0 Å². The number of primary amides is 1. The average molecular weight is 459 g/mol. The molecule has 4 N–H and O–H groups in total. The summed E-state index contributed by atoms with van der Waals surface area (Å²) in [5.74, 6) is -0.805. The van der Waals surface area contributed by atoms with Crippen molar-refractivity contribution in [2.24, 2.45) is 5.73 Å². The molecule has 0 aliphatic rings. The molecule has 0 heterocycles. The van der Waals surface area contributed by atoms with Gasteiger partial charge in [0, 0.05) is 29.9 Å². The number of hydrogen-bond acceptors (Lipinski definition) is 4. The molecule has 0 saturated heterocycles. The molecule has 3 rings (SSSR count). The summed E-state index contributed by atoms with van der Waals surface area (Å²) in [6.45, 7) is 3.23. The molecule has 3 amide bonds. The van der Waals surface area contributed by atoms with Gasteiger partial charge in [-0.3, -0.25) is 19.3 Å². The number of amides is 3. The lowest BCUT2D eigenvalue weighted by molar-refractivity contribution is -0.119. The lowest BCUT2D eigenvalue weighted by Gasteiger charge is -2.20. The first-order valence-electron chi connectivity index (χ1n) is 11.3. The number of nitrogens with one attached hydrogen (secondary N) is 2. The highest BCUT2D eigenvalue weighted by molar-refractivity contribution is 5.95. The SMILES string of the molecule is CCN(CCC(=O)Nc1ccc(C(N)=O)cc1)CC(=O)Nc1ccccc1Cc1ccccc1. The lowest BCUT2D eigenvalue weighted by Crippen LogP contribution is -2.35. The number of carbonyl (C=O) groups is 3. The first kappa shape index (κ1) is 24.7. The van der Waals surface area contributed by atoms with E-state index in [1.54, 1.807) is 24.3 Å². The van der Waals surface area contributed by atoms with E-state index in [0.29, 0.717) is 24.3 Å². The molecule has 0 atom stereocenters. The Labute approximate surface area is 200 Å². The number of para-hydroxylation sites is 1. The predicted octanol–water partition coefficient (Wildman–Crippen LogP) is 3.67. The molecular formula is C27H30N4O3. The quantitative estimate of drug-likeness (QED) is 0.408. The van der Waals surface area contributed by atoms with Crippen molar-refractivity contribution in [3.8, 4) is 0 Å². The highest BCUT2D eigenvalue weighted by Crippen LogP contribution is 2.19. The Bertz CT molecular complexity index is 1110. The van der Waals surface area contributed by atoms with Gasteiger partial charge in [0.1, 0.15) is 0 Å². The summed E-state index contributed by atoms with van der Waals surface area (Å²) < 4.78 is 0. The molecule has 0 fully saturated rings. The van der Waals surface area contributed by atoms with Crippen molar-refractivity contribution >= 4 is 29.1 Å². The Kier molecular flexibility index (Phi) is 8.94. The van der Waals surface area contributed by atoms with Gasteiger partial charge in [0.25, 0.3) is 0 Å². The van der Waals surface area contributed by atoms with E-state index in [4.69, 9.17) is 5.73 Å². The van der Waals surface area contributed by atoms with Crippen LogP contribution in [-0.2, 0) is 16.0 Å². The zero-order valence-corrected chi connectivity index (χ0v) is 19.3. The summed E-state index contributed by atoms with van der Waals surface area (Å²) >= 11 is 0. The summed E-state index contributed by atoms with van der Waals surface area (Å²) in [7, 11) is 0. The van der Waals surface area contributed by atoms with Crippen LogP contribution < -0.4 is 16.4 Å². The number of nitrogens with zero attached hydrogens (tertiary/aromatic N) is 1. The minimum absolute atomic E-state index is 0.121. The van der Waals surface area contributed by atoms with Crippen LogP contribution in [0.15, 0.2) is 78.9 Å². The van der Waals surface area contributed by atoms with Gasteiger partial charge >= 0.3 is 0 Å². The molecule has 3 aromatic rings. The van der Waals surface area contributed by atoms with Crippen molar-refractivity contribution in [1.29, 1.82) is 0 Å². The fraction of sp³-hybridized carbons (Fsp3) is 0.222. The molecule has 7 heteroatoms. The van der Waals surface area contributed by atoms with E-state index in [2.05, 4.69) is 22.8 Å². The zero-order chi connectivity index (χ0) is 24.3. The molecule has 0 bridgehead atoms. The lowest BCUT2D eigenvalue weighted by atomic mass is 10.0. The largest absolute Gasteiger partial charge is 0.366 e. The van der Waals surface area contributed by atoms with E-state index in [9.17, 15) is 14.4 Å². The molecule has 3 aromatic carbocycles. The second-order valence-electron chi connectivity index (χ2n) is 7.98. The van der Waals surface area contributed by atoms with Gasteiger partial charge in [-0.15, -0.1) is 0 Å². The van der Waals surface area contributed by atoms with E-state index in [0.717, 1.165) is 17.7 Å². The van der Waals surface area contributed by atoms with Crippen LogP contribution in [0.4, 0.5) is 11.4 Å². The average Bonchev–Trinajstić information content (AvgIpc) is 2.84. The van der Waals surface area contributed by atoms with Gasteiger partial charge in [-0.05, 0) is 54.4 Å². The molecule has 34 heavy (non-hydrogen) atoms. The highest BCUT2D eigenvalue weighted by Gasteiger charge is 2.13. The van der Waals surface area contributed by atoms with Gasteiger partial charge in [-0.25, -0.2) is 0 Å². The van der Waals surface area contributed by atoms with Crippen LogP contribution in [-0.4, -0.2) is 42.3 Å². The summed E-state index contributed by atoms with van der Waals surface area (Å²) in [6.07, 6.45) is 0.971. The number of rotatable bonds is 11. The Morgan fingerprint density at radius 3 is 2.18 bits per heavy atom. The van der Waals surface area contributed by atoms with Gasteiger partial charge in [0.15, 0.2) is 0 Å². The fourth-order valence-corrected chi connectivity index (χ4v) is 3.55. The number of nitrogens with two attached hydrogens (primary N) is 1. The zero-order valence-electron chi connectivity index (χ0n) is 19.3. The Balaban J connectivity index is 1.50. The molecular weight excluding hydrogens is 428 g/mol. The first-order chi connectivity index (χ1) is 16.4. The minimum atomic E-state index is -0.516. The Hall–Kier alpha value is -3.97. The van der Waals surface area contributed by atoms with Gasteiger partial charge in [0.2, 0.25) is 17.7 Å². The molecule has 0 aromatic heterocycles. The maximum absolute atomic E-state index is 12.7. The Morgan fingerprint density at radius 2 is 1.50 bits per heavy atom. The third kappa shape index (κ3) is 7.56. The number of likely N-dealkylation sites (N-methyl/N-ethyl adjacent to an activating group) is 1. The summed E-state index contributed by atoms with van der Waals surface area (Å²) in [6, 6.07) is 24.3. The van der Waals surface area contributed by atoms with Crippen LogP contribution >= 0.6 is 0 Å². The number of benzene rings is 3. The van der Waals surface area contributed by atoms with Crippen molar-refractivity contribution in [2.75, 3.05) is 30.3 Å². The standard InChI is InChI=1S/C27H30N4O3/c1-2-31(17-16-25(32)29-23-14-12-21(13-15-23)27(28)34)19-26(33)30-24-11-7-6-10-22(24)18-20-8-4-3-5-9-20/h3-15H,2,16-19H2,1H3,(H2,28,34)(H,29,32)(H,30,33). The van der Waals surface area contributed by atoms with Crippen molar-refractivity contribution in [3.63, 3.8) is 0 Å². The van der Waals surface area contributed by atoms with Gasteiger partial charge in [0.05, 0.1) is 6.54 Å². The second-order valence-corrected chi connectivity index (χ2v) is 7.98. The van der Waals surface area contributed by atoms with Crippen LogP contribution in [0.1, 0.15) is 34.8 Å². The second kappa shape index (κ2) is 12.3. The normalized spacial score (nSPS) is 10.6. The third-order valence-corrected chi connectivity index (χ3v) is 5.45. The van der Waals surface area contributed by atoms with Gasteiger partial charge in [-0.2, -0.15) is 0 Å². The van der Waals surface area contributed by atoms with Crippen molar-refractivity contribution in [2.45, 2.75) is 19.8 Å². The number of anilines is 2. The van der Waals surface area contributed by atoms with E-state index in [1.807, 2.05) is 54.3 Å². The molecule has 0 spiro atoms. The smallest absolute Gasteiger partial charge is 0.248 e. The summed E-state index contributed by atoms with van der Waals surface area (Å²) in [4.78, 5) is 38.1. The van der Waals surface area contributed by atoms with Gasteiger partial charge < -0.3 is 16.4 Å². The molecule has 0 aliphatic carbocycles. The first-order valence-corrected chi connectivity index (χ1v) is 11.3. The van der Waals surface area contributed by atoms with E-state index in [1.165, 1.54) is 5.56 Å². The summed E-state index contributed by atoms with van der Waals surface area (Å²) in [5.41, 5.74) is 9.22. The van der Waals surface area contributed by atoms with Crippen LogP contribution in [0.5, 0.6) is 0 Å². The molecule has 7 nitrogen and oxygen atoms in total. The molecule has 176 valence electrons. The highest BCUT2D eigenvalue weighted by atomic mass is 16.2. The predicted molar refractivity (Wildman–Crippen MR) is 135 cm³/mol. The maximum atomic E-state index is 12.7. The van der Waals surface area contributed by atoms with Crippen molar-refractivity contribution in [3.05, 3.63) is 95.6 Å². The molecule has 0 unspecified atom stereocenters. The Morgan fingerprint density at radius 1 is 0.824 bits per heavy atom. The molecule has 0 aliphatic heterocycles. The summed E-state index contributed by atoms with van der Waals surface area (Å²) in [5, 5.41) is 5.81. The topological polar surface area (TPSA) is 105 Å². The van der Waals surface area contributed by atoms with Crippen molar-refractivity contribution in [1.82, 2.24) is 4.90 Å². The monoisotopic (exact) mass is 458 g/mol. The maximum Gasteiger partial charge on any atom is 0.248 e. The van der Waals surface area contributed by atoms with Crippen LogP contribution in [0.3, 0.4) is 0 Å². The van der Waals surface area contributed by atoms with Crippen molar-refractivity contribution < 1.29 is 14.4 Å². The number of hydrogen-bond donors (Lipinski definition) is 3. The molecule has 0 saturated carbocycles. The molecule has 0 radical (unpaired) electrons. The van der Waals surface area contributed by atoms with E-state index < -0.39 is 5.91 Å². The van der Waals surface area contributed by atoms with E-state index >= 15 is 0 Å². The van der Waals surface area contributed by atoms with E-state index in [-0.39, 0.29) is 24.8 Å². The minimum Gasteiger partial charge on any atom is -0.366 e.